The Balaban J connectivity index is 2.26. The number of nitrogens with two attached hydrogens (primary N) is 1. The first-order chi connectivity index (χ1) is 24.5. The van der Waals surface area contributed by atoms with Crippen LogP contribution in [0.2, 0.25) is 0 Å². The number of amidine groups is 1. The number of amides is 3. The number of nitrogens with one attached hydrogen (secondary N) is 2. The molecule has 0 aromatic heterocycles. The first-order valence-corrected chi connectivity index (χ1v) is 19.2. The second-order valence-corrected chi connectivity index (χ2v) is 15.3. The van der Waals surface area contributed by atoms with Gasteiger partial charge in [0, 0.05) is 49.2 Å². The van der Waals surface area contributed by atoms with Gasteiger partial charge in [-0.25, -0.2) is 0 Å². The van der Waals surface area contributed by atoms with E-state index in [9.17, 15) is 28.2 Å². The minimum Gasteiger partial charge on any atom is -0.466 e. The number of aliphatic imine (C=N–C) groups is 1. The fourth-order valence-corrected chi connectivity index (χ4v) is 5.37. The van der Waals surface area contributed by atoms with E-state index in [1.807, 2.05) is 37.3 Å². The molecule has 286 valence electrons. The normalized spacial score (nSPS) is 13.9. The summed E-state index contributed by atoms with van der Waals surface area (Å²) in [6, 6.07) is 12.6. The van der Waals surface area contributed by atoms with Crippen molar-refractivity contribution in [2.75, 3.05) is 32.2 Å². The van der Waals surface area contributed by atoms with Gasteiger partial charge in [0.25, 0.3) is 0 Å². The highest BCUT2D eigenvalue weighted by Crippen LogP contribution is 2.20. The molecule has 0 aliphatic rings. The molecule has 4 N–H and O–H groups in total. The van der Waals surface area contributed by atoms with Crippen LogP contribution in [0.25, 0.3) is 0 Å². The summed E-state index contributed by atoms with van der Waals surface area (Å²) < 4.78 is 22.7. The number of nitrogens with zero attached hydrogens (tertiary/aromatic N) is 2. The summed E-state index contributed by atoms with van der Waals surface area (Å²) in [5.74, 6) is -1.87. The number of hydrogen-bond donors (Lipinski definition) is 3. The molecule has 0 bridgehead atoms. The first-order valence-electron chi connectivity index (χ1n) is 17.5. The minimum atomic E-state index is -1.29. The largest absolute Gasteiger partial charge is 0.466 e. The van der Waals surface area contributed by atoms with Crippen LogP contribution in [-0.4, -0.2) is 94.9 Å². The summed E-state index contributed by atoms with van der Waals surface area (Å²) >= 11 is 0. The topological polar surface area (TPSA) is 187 Å². The van der Waals surface area contributed by atoms with Crippen LogP contribution in [0.15, 0.2) is 59.6 Å². The van der Waals surface area contributed by atoms with E-state index in [1.54, 1.807) is 59.0 Å². The Kier molecular flexibility index (Phi) is 18.2. The van der Waals surface area contributed by atoms with Gasteiger partial charge in [-0.05, 0) is 63.8 Å². The van der Waals surface area contributed by atoms with E-state index in [0.29, 0.717) is 17.9 Å². The summed E-state index contributed by atoms with van der Waals surface area (Å²) in [6.45, 7) is 9.18. The summed E-state index contributed by atoms with van der Waals surface area (Å²) in [5, 5.41) is 5.55. The number of likely N-dealkylation sites (N-methyl/N-ethyl adjacent to an activating group) is 1. The van der Waals surface area contributed by atoms with E-state index < -0.39 is 58.0 Å². The number of benzene rings is 2. The van der Waals surface area contributed by atoms with Crippen molar-refractivity contribution in [3.63, 3.8) is 0 Å². The van der Waals surface area contributed by atoms with Gasteiger partial charge in [-0.1, -0.05) is 55.8 Å². The van der Waals surface area contributed by atoms with Gasteiger partial charge in [-0.3, -0.25) is 33.2 Å². The zero-order valence-electron chi connectivity index (χ0n) is 31.4. The molecule has 1 unspecified atom stereocenters. The van der Waals surface area contributed by atoms with Crippen LogP contribution < -0.4 is 21.1 Å². The molecule has 0 aliphatic carbocycles. The molecule has 0 fully saturated rings. The molecule has 3 amide bonds. The van der Waals surface area contributed by atoms with E-state index in [1.165, 1.54) is 11.2 Å². The molecule has 2 rings (SSSR count). The molecule has 2 aromatic rings. The molecule has 14 heteroatoms. The molecule has 0 saturated carbocycles. The number of hydrogen-bond acceptors (Lipinski definition) is 9. The molecule has 0 heterocycles. The lowest BCUT2D eigenvalue weighted by atomic mass is 9.97. The smallest absolute Gasteiger partial charge is 0.316 e. The van der Waals surface area contributed by atoms with E-state index in [-0.39, 0.29) is 49.8 Å². The van der Waals surface area contributed by atoms with Crippen LogP contribution in [0.5, 0.6) is 5.75 Å². The zero-order chi connectivity index (χ0) is 38.8. The molecule has 2 aromatic carbocycles. The van der Waals surface area contributed by atoms with Crippen LogP contribution >= 0.6 is 0 Å². The van der Waals surface area contributed by atoms with Gasteiger partial charge in [0.05, 0.1) is 24.3 Å². The Morgan fingerprint density at radius 2 is 1.54 bits per heavy atom. The highest BCUT2D eigenvalue weighted by atomic mass is 32.2. The maximum absolute atomic E-state index is 13.9. The van der Waals surface area contributed by atoms with E-state index in [2.05, 4.69) is 15.6 Å². The van der Waals surface area contributed by atoms with Crippen molar-refractivity contribution in [3.8, 4) is 5.75 Å². The average molecular weight is 742 g/mol. The average Bonchev–Trinajstić information content (AvgIpc) is 3.08. The Bertz CT molecular complexity index is 1540. The van der Waals surface area contributed by atoms with Crippen molar-refractivity contribution in [1.29, 1.82) is 0 Å². The second kappa shape index (κ2) is 21.7. The van der Waals surface area contributed by atoms with E-state index in [0.717, 1.165) is 18.4 Å². The van der Waals surface area contributed by atoms with Crippen molar-refractivity contribution in [1.82, 2.24) is 15.5 Å². The van der Waals surface area contributed by atoms with E-state index >= 15 is 0 Å². The molecular weight excluding hydrogens is 687 g/mol. The Labute approximate surface area is 309 Å². The molecule has 0 saturated heterocycles. The monoisotopic (exact) mass is 741 g/mol. The van der Waals surface area contributed by atoms with Crippen LogP contribution in [-0.2, 0) is 52.4 Å². The highest BCUT2D eigenvalue weighted by Gasteiger charge is 2.31. The van der Waals surface area contributed by atoms with Gasteiger partial charge in [0.2, 0.25) is 17.7 Å². The second-order valence-electron chi connectivity index (χ2n) is 13.7. The predicted molar refractivity (Wildman–Crippen MR) is 202 cm³/mol. The van der Waals surface area contributed by atoms with Crippen LogP contribution in [0.1, 0.15) is 71.4 Å². The lowest BCUT2D eigenvalue weighted by molar-refractivity contribution is -0.145. The number of esters is 2. The standard InChI is InChI=1S/C38H55N5O8S/c1-8-9-22-50-33(44)19-21-43(6)36(47)32(25-27-13-11-10-12-14-27)42-34(45)30(20-23-52(7)49)41-35(46)31(40-26(2)39)24-28-15-17-29(18-16-28)51-37(48)38(3,4)5/h10-18,30-32H,8-9,19-25H2,1-7H3,(H2,39,40)(H,41,46)(H,42,45)/t30-,31+,32+,52?/m1/s1. The van der Waals surface area contributed by atoms with Crippen LogP contribution in [0.4, 0.5) is 0 Å². The number of ether oxygens (including phenoxy) is 2. The van der Waals surface area contributed by atoms with Gasteiger partial charge in [-0.15, -0.1) is 0 Å². The SMILES string of the molecule is CCCCOC(=O)CCN(C)C(=O)[C@H](Cc1ccccc1)NC(=O)[C@@H](CCS(C)=O)NC(=O)[C@H](Cc1ccc(OC(=O)C(C)(C)C)cc1)N=C(C)N. The fourth-order valence-electron chi connectivity index (χ4n) is 4.80. The molecule has 0 aliphatic heterocycles. The molecular formula is C38H55N5O8S. The molecule has 13 nitrogen and oxygen atoms in total. The maximum atomic E-state index is 13.9. The Morgan fingerprint density at radius 1 is 0.923 bits per heavy atom. The van der Waals surface area contributed by atoms with Gasteiger partial charge in [0.1, 0.15) is 23.9 Å². The third-order valence-electron chi connectivity index (χ3n) is 7.85. The highest BCUT2D eigenvalue weighted by molar-refractivity contribution is 7.84. The molecule has 4 atom stereocenters. The van der Waals surface area contributed by atoms with Crippen LogP contribution in [0, 0.1) is 5.41 Å². The number of carbonyl (C=O) groups excluding carboxylic acids is 5. The summed E-state index contributed by atoms with van der Waals surface area (Å²) in [7, 11) is 0.260. The molecule has 0 radical (unpaired) electrons. The van der Waals surface area contributed by atoms with Crippen molar-refractivity contribution >= 4 is 46.3 Å². The van der Waals surface area contributed by atoms with E-state index in [4.69, 9.17) is 15.2 Å². The van der Waals surface area contributed by atoms with Gasteiger partial charge in [0.15, 0.2) is 0 Å². The minimum absolute atomic E-state index is 0.00773. The quantitative estimate of drug-likeness (QED) is 0.0603. The number of carbonyl (C=O) groups is 5. The summed E-state index contributed by atoms with van der Waals surface area (Å²) in [5.41, 5.74) is 6.69. The van der Waals surface area contributed by atoms with Crippen LogP contribution in [0.3, 0.4) is 0 Å². The number of unbranched alkanes of at least 4 members (excludes halogenated alkanes) is 1. The Morgan fingerprint density at radius 3 is 2.12 bits per heavy atom. The molecule has 52 heavy (non-hydrogen) atoms. The van der Waals surface area contributed by atoms with Gasteiger partial charge >= 0.3 is 11.9 Å². The third-order valence-corrected chi connectivity index (χ3v) is 8.66. The fraction of sp³-hybridized carbons (Fsp3) is 0.526. The van der Waals surface area contributed by atoms with Crippen molar-refractivity contribution < 1.29 is 37.7 Å². The van der Waals surface area contributed by atoms with Crippen molar-refractivity contribution in [2.45, 2.75) is 91.3 Å². The molecule has 0 spiro atoms. The predicted octanol–water partition coefficient (Wildman–Crippen LogP) is 3.10. The lowest BCUT2D eigenvalue weighted by Crippen LogP contribution is -2.56. The van der Waals surface area contributed by atoms with Gasteiger partial charge in [-0.2, -0.15) is 0 Å². The summed E-state index contributed by atoms with van der Waals surface area (Å²) in [6.07, 6.45) is 3.41. The zero-order valence-corrected chi connectivity index (χ0v) is 32.3. The maximum Gasteiger partial charge on any atom is 0.316 e. The van der Waals surface area contributed by atoms with Crippen molar-refractivity contribution in [2.24, 2.45) is 16.1 Å². The van der Waals surface area contributed by atoms with Gasteiger partial charge < -0.3 is 30.7 Å². The first kappa shape index (κ1) is 43.6. The third kappa shape index (κ3) is 16.2. The summed E-state index contributed by atoms with van der Waals surface area (Å²) in [4.78, 5) is 71.4. The number of rotatable bonds is 20. The lowest BCUT2D eigenvalue weighted by Gasteiger charge is -2.27. The Hall–Kier alpha value is -4.59. The van der Waals surface area contributed by atoms with Crippen molar-refractivity contribution in [3.05, 3.63) is 65.7 Å².